The van der Waals surface area contributed by atoms with Gasteiger partial charge in [0.1, 0.15) is 5.69 Å². The molecule has 0 bridgehead atoms. The predicted molar refractivity (Wildman–Crippen MR) is 136 cm³/mol. The van der Waals surface area contributed by atoms with Gasteiger partial charge < -0.3 is 21.4 Å². The molecule has 0 saturated heterocycles. The Kier molecular flexibility index (Phi) is 9.92. The van der Waals surface area contributed by atoms with Crippen LogP contribution in [0.25, 0.3) is 0 Å². The first-order valence-electron chi connectivity index (χ1n) is 10.7. The summed E-state index contributed by atoms with van der Waals surface area (Å²) in [4.78, 5) is 33.6. The van der Waals surface area contributed by atoms with E-state index >= 15 is 0 Å². The zero-order valence-electron chi connectivity index (χ0n) is 19.7. The second kappa shape index (κ2) is 12.6. The van der Waals surface area contributed by atoms with Gasteiger partial charge >= 0.3 is 120 Å². The van der Waals surface area contributed by atoms with Crippen molar-refractivity contribution in [1.29, 1.82) is 5.41 Å². The molecule has 0 aliphatic carbocycles. The molecule has 9 N–H and O–H groups in total. The summed E-state index contributed by atoms with van der Waals surface area (Å²) in [5, 5.41) is 14.1. The third kappa shape index (κ3) is 7.79. The van der Waals surface area contributed by atoms with Gasteiger partial charge in [0.2, 0.25) is 0 Å². The van der Waals surface area contributed by atoms with E-state index in [9.17, 15) is 9.59 Å². The van der Waals surface area contributed by atoms with Crippen LogP contribution in [0.15, 0.2) is 34.5 Å². The van der Waals surface area contributed by atoms with Crippen molar-refractivity contribution < 1.29 is 9.59 Å². The number of aromatic nitrogens is 2. The minimum atomic E-state index is -0.386. The van der Waals surface area contributed by atoms with Crippen LogP contribution in [0.5, 0.6) is 0 Å². The van der Waals surface area contributed by atoms with Gasteiger partial charge in [-0.25, -0.2) is 4.99 Å². The number of hydrogen-bond donors (Lipinski definition) is 6. The van der Waals surface area contributed by atoms with E-state index in [1.807, 2.05) is 0 Å². The Morgan fingerprint density at radius 2 is 1.76 bits per heavy atom. The van der Waals surface area contributed by atoms with Crippen molar-refractivity contribution in [3.63, 3.8) is 0 Å². The predicted octanol–water partition coefficient (Wildman–Crippen LogP) is 0.578. The maximum absolute atomic E-state index is 12.7. The molecule has 0 fully saturated rings. The van der Waals surface area contributed by atoms with Crippen LogP contribution < -0.4 is 27.8 Å². The summed E-state index contributed by atoms with van der Waals surface area (Å²) in [5.74, 6) is 1.73. The SMILES string of the molecule is [CH3][Ge][CH2]CN=C(N)CCCNC(=O)c1cc(NC(=O)c2cc(N=C(N)C(=N)N)cn2C)cn1C. The van der Waals surface area contributed by atoms with Gasteiger partial charge in [0.15, 0.2) is 11.7 Å². The number of carbonyl (C=O) groups is 2. The van der Waals surface area contributed by atoms with Crippen LogP contribution in [0.3, 0.4) is 0 Å². The van der Waals surface area contributed by atoms with E-state index in [1.54, 1.807) is 41.7 Å². The number of carbonyl (C=O) groups excluding carboxylic acids is 2. The van der Waals surface area contributed by atoms with Gasteiger partial charge in [0.25, 0.3) is 5.91 Å². The first-order valence-corrected chi connectivity index (χ1v) is 14.2. The first-order chi connectivity index (χ1) is 16.1. The van der Waals surface area contributed by atoms with Gasteiger partial charge in [-0.1, -0.05) is 0 Å². The molecular weight excluding hydrogens is 497 g/mol. The number of nitrogens with zero attached hydrogens (tertiary/aromatic N) is 4. The topological polar surface area (TPSA) is 195 Å². The van der Waals surface area contributed by atoms with Gasteiger partial charge in [0.05, 0.1) is 5.69 Å². The number of aliphatic imine (C=N–C) groups is 2. The standard InChI is InChI=1S/C21H32GeN10O2/c1-22-6-8-27-17(23)5-4-7-28-20(33)15-10-14(12-31(15)2)30-21(34)16-9-13(11-32(16)3)29-19(26)18(24)25/h9-12H,4-8H2,1-3H3,(H2,23,27)(H3,24,25)(H2,26,29)(H,28,33)(H,30,34). The fraction of sp³-hybridized carbons (Fsp3) is 0.381. The number of anilines is 1. The summed E-state index contributed by atoms with van der Waals surface area (Å²) in [6.45, 7) is 1.26. The molecule has 13 heteroatoms. The second-order valence-electron chi connectivity index (χ2n) is 7.62. The normalized spacial score (nSPS) is 12.0. The van der Waals surface area contributed by atoms with Crippen LogP contribution in [0.1, 0.15) is 33.8 Å². The van der Waals surface area contributed by atoms with Gasteiger partial charge in [-0.2, -0.15) is 0 Å². The monoisotopic (exact) mass is 530 g/mol. The summed E-state index contributed by atoms with van der Waals surface area (Å²) < 4.78 is 3.22. The molecule has 2 heterocycles. The molecule has 0 atom stereocenters. The van der Waals surface area contributed by atoms with E-state index in [4.69, 9.17) is 22.6 Å². The summed E-state index contributed by atoms with van der Waals surface area (Å²) >= 11 is 0.111. The number of nitrogens with two attached hydrogens (primary N) is 3. The molecular formula is C21H32GeN10O2. The third-order valence-corrected chi connectivity index (χ3v) is 6.33. The zero-order valence-corrected chi connectivity index (χ0v) is 21.8. The molecule has 2 rings (SSSR count). The van der Waals surface area contributed by atoms with E-state index in [2.05, 4.69) is 26.4 Å². The van der Waals surface area contributed by atoms with Crippen molar-refractivity contribution >= 4 is 56.1 Å². The summed E-state index contributed by atoms with van der Waals surface area (Å²) in [7, 11) is 3.41. The molecule has 12 nitrogen and oxygen atoms in total. The summed E-state index contributed by atoms with van der Waals surface area (Å²) in [6.07, 6.45) is 4.59. The average Bonchev–Trinajstić information content (AvgIpc) is 3.32. The van der Waals surface area contributed by atoms with E-state index in [1.165, 1.54) is 6.07 Å². The third-order valence-electron chi connectivity index (χ3n) is 4.82. The zero-order chi connectivity index (χ0) is 25.3. The number of rotatable bonds is 11. The van der Waals surface area contributed by atoms with E-state index < -0.39 is 0 Å². The number of nitrogens with one attached hydrogen (secondary N) is 3. The van der Waals surface area contributed by atoms with Crippen molar-refractivity contribution in [1.82, 2.24) is 14.5 Å². The Hall–Kier alpha value is -3.55. The summed E-state index contributed by atoms with van der Waals surface area (Å²) in [5.41, 5.74) is 18.4. The molecule has 34 heavy (non-hydrogen) atoms. The Bertz CT molecular complexity index is 1100. The fourth-order valence-corrected chi connectivity index (χ4v) is 3.74. The molecule has 0 unspecified atom stereocenters. The molecule has 2 aromatic rings. The molecule has 0 aromatic carbocycles. The Labute approximate surface area is 205 Å². The quantitative estimate of drug-likeness (QED) is 0.107. The Morgan fingerprint density at radius 1 is 1.09 bits per heavy atom. The van der Waals surface area contributed by atoms with E-state index in [-0.39, 0.29) is 38.9 Å². The number of amidine groups is 3. The number of hydrogen-bond acceptors (Lipinski definition) is 5. The Balaban J connectivity index is 1.94. The molecule has 2 radical (unpaired) electrons. The van der Waals surface area contributed by atoms with Crippen LogP contribution in [-0.2, 0) is 14.1 Å². The summed E-state index contributed by atoms with van der Waals surface area (Å²) in [6, 6.07) is 3.13. The van der Waals surface area contributed by atoms with Gasteiger partial charge in [0, 0.05) is 13.2 Å². The molecule has 0 aliphatic rings. The molecule has 2 amide bonds. The number of amides is 2. The van der Waals surface area contributed by atoms with E-state index in [0.717, 1.165) is 11.8 Å². The van der Waals surface area contributed by atoms with Crippen molar-refractivity contribution in [3.05, 3.63) is 35.9 Å². The number of aryl methyl sites for hydroxylation is 2. The molecule has 0 aliphatic heterocycles. The van der Waals surface area contributed by atoms with E-state index in [0.29, 0.717) is 48.0 Å². The van der Waals surface area contributed by atoms with Crippen LogP contribution in [0.2, 0.25) is 11.0 Å². The minimum absolute atomic E-state index is 0.111. The van der Waals surface area contributed by atoms with Crippen molar-refractivity contribution in [2.24, 2.45) is 41.3 Å². The van der Waals surface area contributed by atoms with Crippen molar-refractivity contribution in [2.75, 3.05) is 18.4 Å². The molecule has 182 valence electrons. The van der Waals surface area contributed by atoms with Crippen molar-refractivity contribution in [2.45, 2.75) is 23.9 Å². The van der Waals surface area contributed by atoms with Crippen molar-refractivity contribution in [3.8, 4) is 0 Å². The molecule has 0 spiro atoms. The second-order valence-corrected chi connectivity index (χ2v) is 10.2. The van der Waals surface area contributed by atoms with Gasteiger partial charge in [-0.3, -0.25) is 10.2 Å². The fourth-order valence-electron chi connectivity index (χ4n) is 3.04. The maximum atomic E-state index is 12.7. The van der Waals surface area contributed by atoms with Gasteiger partial charge in [-0.05, 0) is 6.07 Å². The van der Waals surface area contributed by atoms with Crippen LogP contribution in [0, 0.1) is 5.41 Å². The van der Waals surface area contributed by atoms with Gasteiger partial charge in [-0.15, -0.1) is 0 Å². The van der Waals surface area contributed by atoms with Crippen LogP contribution in [-0.4, -0.2) is 67.0 Å². The van der Waals surface area contributed by atoms with Crippen LogP contribution >= 0.6 is 0 Å². The van der Waals surface area contributed by atoms with Crippen LogP contribution in [0.4, 0.5) is 11.4 Å². The first kappa shape index (κ1) is 26.7. The molecule has 0 saturated carbocycles. The average molecular weight is 529 g/mol. The molecule has 2 aromatic heterocycles. The Morgan fingerprint density at radius 3 is 2.44 bits per heavy atom.